The van der Waals surface area contributed by atoms with E-state index in [1.807, 2.05) is 0 Å². The molecule has 3 aromatic carbocycles. The standard InChI is InChI=1S/C26H14BrCl2NO5/c27-12-5-8-14(9-6-12)30-24(33)19-20(25(30)34)26(22(31)15-3-1-2-4-16(15)23(26)32)35-21(19)17-10-7-13(28)11-18(17)29/h1-11,19-21H/t19-,20-,21-/m1/s1. The van der Waals surface area contributed by atoms with Crippen LogP contribution in [-0.2, 0) is 14.3 Å². The second-order valence-electron chi connectivity index (χ2n) is 8.64. The van der Waals surface area contributed by atoms with Gasteiger partial charge in [0.2, 0.25) is 29.0 Å². The van der Waals surface area contributed by atoms with Gasteiger partial charge in [-0.3, -0.25) is 19.2 Å². The van der Waals surface area contributed by atoms with Gasteiger partial charge in [-0.05, 0) is 36.4 Å². The highest BCUT2D eigenvalue weighted by Crippen LogP contribution is 2.58. The third kappa shape index (κ3) is 2.99. The molecule has 2 aliphatic heterocycles. The van der Waals surface area contributed by atoms with Gasteiger partial charge >= 0.3 is 0 Å². The van der Waals surface area contributed by atoms with Crippen LogP contribution < -0.4 is 4.90 Å². The van der Waals surface area contributed by atoms with Gasteiger partial charge in [0.25, 0.3) is 0 Å². The number of amides is 2. The molecule has 0 radical (unpaired) electrons. The van der Waals surface area contributed by atoms with E-state index in [2.05, 4.69) is 15.9 Å². The monoisotopic (exact) mass is 569 g/mol. The summed E-state index contributed by atoms with van der Waals surface area (Å²) in [5.41, 5.74) is -1.11. The molecule has 0 aromatic heterocycles. The summed E-state index contributed by atoms with van der Waals surface area (Å²) < 4.78 is 7.00. The highest BCUT2D eigenvalue weighted by Gasteiger charge is 2.74. The minimum atomic E-state index is -2.15. The Hall–Kier alpha value is -2.84. The molecule has 0 N–H and O–H groups in total. The maximum atomic E-state index is 13.9. The SMILES string of the molecule is O=C1[C@H]2[C@@H](c3ccc(Cl)cc3Cl)OC3(C(=O)c4ccccc4C3=O)[C@H]2C(=O)N1c1ccc(Br)cc1. The van der Waals surface area contributed by atoms with Crippen molar-refractivity contribution in [1.29, 1.82) is 0 Å². The Kier molecular flexibility index (Phi) is 5.06. The zero-order chi connectivity index (χ0) is 24.6. The molecule has 9 heteroatoms. The number of fused-ring (bicyclic) bond motifs is 3. The summed E-state index contributed by atoms with van der Waals surface area (Å²) in [7, 11) is 0. The summed E-state index contributed by atoms with van der Waals surface area (Å²) in [6.45, 7) is 0. The van der Waals surface area contributed by atoms with Crippen LogP contribution in [0.15, 0.2) is 71.2 Å². The fourth-order valence-electron chi connectivity index (χ4n) is 5.38. The number of nitrogens with zero attached hydrogens (tertiary/aromatic N) is 1. The Balaban J connectivity index is 1.56. The molecule has 1 spiro atoms. The van der Waals surface area contributed by atoms with E-state index in [0.29, 0.717) is 16.3 Å². The number of benzene rings is 3. The van der Waals surface area contributed by atoms with Gasteiger partial charge in [-0.2, -0.15) is 0 Å². The molecule has 2 amide bonds. The molecule has 6 rings (SSSR count). The van der Waals surface area contributed by atoms with Gasteiger partial charge in [0.1, 0.15) is 0 Å². The third-order valence-corrected chi connectivity index (χ3v) is 7.96. The average molecular weight is 571 g/mol. The van der Waals surface area contributed by atoms with Crippen molar-refractivity contribution in [2.75, 3.05) is 4.90 Å². The van der Waals surface area contributed by atoms with E-state index in [4.69, 9.17) is 27.9 Å². The molecule has 3 aliphatic rings. The van der Waals surface area contributed by atoms with Crippen molar-refractivity contribution in [1.82, 2.24) is 0 Å². The van der Waals surface area contributed by atoms with E-state index in [1.54, 1.807) is 48.5 Å². The minimum Gasteiger partial charge on any atom is -0.349 e. The number of hydrogen-bond donors (Lipinski definition) is 0. The Bertz CT molecular complexity index is 1440. The predicted octanol–water partition coefficient (Wildman–Crippen LogP) is 5.45. The van der Waals surface area contributed by atoms with E-state index < -0.39 is 46.9 Å². The molecule has 3 aromatic rings. The average Bonchev–Trinajstić information content (AvgIpc) is 3.40. The summed E-state index contributed by atoms with van der Waals surface area (Å²) >= 11 is 15.9. The Labute approximate surface area is 217 Å². The van der Waals surface area contributed by atoms with Crippen molar-refractivity contribution in [3.63, 3.8) is 0 Å². The van der Waals surface area contributed by atoms with Gasteiger partial charge in [-0.25, -0.2) is 4.90 Å². The number of ether oxygens (including phenoxy) is 1. The molecular formula is C26H14BrCl2NO5. The Morgan fingerprint density at radius 1 is 0.829 bits per heavy atom. The number of imide groups is 1. The molecule has 2 heterocycles. The van der Waals surface area contributed by atoms with Crippen LogP contribution in [0, 0.1) is 11.8 Å². The van der Waals surface area contributed by atoms with Gasteiger partial charge in [0.15, 0.2) is 0 Å². The number of Topliss-reactive ketones (excluding diaryl/α,β-unsaturated/α-hetero) is 2. The first-order valence-corrected chi connectivity index (χ1v) is 12.3. The summed E-state index contributed by atoms with van der Waals surface area (Å²) in [4.78, 5) is 56.2. The largest absolute Gasteiger partial charge is 0.349 e. The van der Waals surface area contributed by atoms with Crippen LogP contribution in [0.1, 0.15) is 32.4 Å². The van der Waals surface area contributed by atoms with E-state index in [-0.39, 0.29) is 16.1 Å². The maximum Gasteiger partial charge on any atom is 0.241 e. The maximum absolute atomic E-state index is 13.9. The fraction of sp³-hybridized carbons (Fsp3) is 0.154. The summed E-state index contributed by atoms with van der Waals surface area (Å²) in [6, 6.07) is 17.6. The molecule has 6 nitrogen and oxygen atoms in total. The van der Waals surface area contributed by atoms with E-state index >= 15 is 0 Å². The minimum absolute atomic E-state index is 0.168. The zero-order valence-corrected chi connectivity index (χ0v) is 20.8. The van der Waals surface area contributed by atoms with Gasteiger partial charge in [-0.1, -0.05) is 69.5 Å². The number of anilines is 1. The van der Waals surface area contributed by atoms with Crippen LogP contribution in [0.3, 0.4) is 0 Å². The van der Waals surface area contributed by atoms with Crippen molar-refractivity contribution in [2.45, 2.75) is 11.7 Å². The van der Waals surface area contributed by atoms with E-state index in [0.717, 1.165) is 9.37 Å². The van der Waals surface area contributed by atoms with Crippen LogP contribution in [0.2, 0.25) is 10.0 Å². The number of ketones is 2. The van der Waals surface area contributed by atoms with Crippen molar-refractivity contribution in [3.05, 3.63) is 97.9 Å². The van der Waals surface area contributed by atoms with Crippen molar-refractivity contribution >= 4 is 68.2 Å². The quantitative estimate of drug-likeness (QED) is 0.302. The van der Waals surface area contributed by atoms with Crippen molar-refractivity contribution in [3.8, 4) is 0 Å². The Morgan fingerprint density at radius 2 is 1.46 bits per heavy atom. The lowest BCUT2D eigenvalue weighted by Gasteiger charge is -2.27. The molecule has 0 saturated carbocycles. The number of carbonyl (C=O) groups is 4. The summed E-state index contributed by atoms with van der Waals surface area (Å²) in [5.74, 6) is -4.95. The second kappa shape index (κ2) is 7.83. The topological polar surface area (TPSA) is 80.8 Å². The molecular weight excluding hydrogens is 557 g/mol. The zero-order valence-electron chi connectivity index (χ0n) is 17.7. The van der Waals surface area contributed by atoms with Crippen LogP contribution in [0.5, 0.6) is 0 Å². The number of hydrogen-bond acceptors (Lipinski definition) is 5. The number of carbonyl (C=O) groups excluding carboxylic acids is 4. The smallest absolute Gasteiger partial charge is 0.241 e. The summed E-state index contributed by atoms with van der Waals surface area (Å²) in [5, 5.41) is 0.574. The molecule has 1 aliphatic carbocycles. The van der Waals surface area contributed by atoms with Crippen LogP contribution in [0.25, 0.3) is 0 Å². The van der Waals surface area contributed by atoms with Crippen LogP contribution in [-0.4, -0.2) is 29.0 Å². The predicted molar refractivity (Wildman–Crippen MR) is 132 cm³/mol. The van der Waals surface area contributed by atoms with Gasteiger partial charge < -0.3 is 4.74 Å². The van der Waals surface area contributed by atoms with E-state index in [9.17, 15) is 19.2 Å². The number of halogens is 3. The normalized spacial score (nSPS) is 24.4. The van der Waals surface area contributed by atoms with Crippen LogP contribution >= 0.6 is 39.1 Å². The van der Waals surface area contributed by atoms with Gasteiger partial charge in [0.05, 0.1) is 23.6 Å². The number of rotatable bonds is 2. The second-order valence-corrected chi connectivity index (χ2v) is 10.4. The van der Waals surface area contributed by atoms with Crippen LogP contribution in [0.4, 0.5) is 5.69 Å². The first-order chi connectivity index (χ1) is 16.8. The molecule has 2 saturated heterocycles. The molecule has 3 atom stereocenters. The van der Waals surface area contributed by atoms with Gasteiger partial charge in [0, 0.05) is 31.2 Å². The van der Waals surface area contributed by atoms with Crippen molar-refractivity contribution < 1.29 is 23.9 Å². The molecule has 0 unspecified atom stereocenters. The lowest BCUT2D eigenvalue weighted by Crippen LogP contribution is -2.51. The molecule has 0 bridgehead atoms. The summed E-state index contributed by atoms with van der Waals surface area (Å²) in [6.07, 6.45) is -1.11. The molecule has 2 fully saturated rings. The highest BCUT2D eigenvalue weighted by molar-refractivity contribution is 9.10. The lowest BCUT2D eigenvalue weighted by atomic mass is 9.77. The first kappa shape index (κ1) is 22.6. The van der Waals surface area contributed by atoms with Crippen molar-refractivity contribution in [2.24, 2.45) is 11.8 Å². The third-order valence-electron chi connectivity index (χ3n) is 6.87. The first-order valence-electron chi connectivity index (χ1n) is 10.7. The van der Waals surface area contributed by atoms with E-state index in [1.165, 1.54) is 18.2 Å². The Morgan fingerprint density at radius 3 is 2.06 bits per heavy atom. The molecule has 35 heavy (non-hydrogen) atoms. The lowest BCUT2D eigenvalue weighted by molar-refractivity contribution is -0.127. The highest BCUT2D eigenvalue weighted by atomic mass is 79.9. The molecule has 174 valence electrons. The fourth-order valence-corrected chi connectivity index (χ4v) is 6.16. The van der Waals surface area contributed by atoms with Gasteiger partial charge in [-0.15, -0.1) is 0 Å².